The van der Waals surface area contributed by atoms with Crippen LogP contribution in [-0.2, 0) is 16.1 Å². The number of nitrogens with one attached hydrogen (secondary N) is 1. The second kappa shape index (κ2) is 11.6. The van der Waals surface area contributed by atoms with Gasteiger partial charge in [0.25, 0.3) is 5.56 Å². The Morgan fingerprint density at radius 2 is 1.62 bits per heavy atom. The predicted octanol–water partition coefficient (Wildman–Crippen LogP) is 6.72. The highest BCUT2D eigenvalue weighted by Crippen LogP contribution is 2.39. The third-order valence-electron chi connectivity index (χ3n) is 6.00. The van der Waals surface area contributed by atoms with Gasteiger partial charge in [-0.05, 0) is 55.3 Å². The molecule has 200 valence electrons. The fourth-order valence-electron chi connectivity index (χ4n) is 4.33. The molecule has 0 bridgehead atoms. The third kappa shape index (κ3) is 5.98. The van der Waals surface area contributed by atoms with Gasteiger partial charge in [-0.3, -0.25) is 23.7 Å². The van der Waals surface area contributed by atoms with E-state index in [-0.39, 0.29) is 36.3 Å². The molecule has 0 saturated heterocycles. The molecule has 4 rings (SSSR count). The van der Waals surface area contributed by atoms with Crippen LogP contribution < -0.4 is 10.9 Å². The lowest BCUT2D eigenvalue weighted by atomic mass is 9.96. The molecule has 1 amide bonds. The van der Waals surface area contributed by atoms with Crippen LogP contribution in [0.2, 0.25) is 15.1 Å². The number of amides is 1. The number of hydrogen-bond donors (Lipinski definition) is 2. The SMILES string of the molecule is CC(=O)Nc1c(C(C)=O)c(=O)n(CCCC(=O)O)c2nc(-c3ccc(Cl)cc3Cl)c(-c3ccc(Cl)cc3)cc12. The van der Waals surface area contributed by atoms with Gasteiger partial charge < -0.3 is 10.4 Å². The third-order valence-corrected chi connectivity index (χ3v) is 6.80. The van der Waals surface area contributed by atoms with Gasteiger partial charge in [-0.2, -0.15) is 0 Å². The van der Waals surface area contributed by atoms with Crippen LogP contribution in [0.25, 0.3) is 33.4 Å². The minimum Gasteiger partial charge on any atom is -0.481 e. The maximum atomic E-state index is 13.6. The van der Waals surface area contributed by atoms with E-state index in [4.69, 9.17) is 44.9 Å². The van der Waals surface area contributed by atoms with E-state index in [1.807, 2.05) is 0 Å². The van der Waals surface area contributed by atoms with Crippen LogP contribution >= 0.6 is 34.8 Å². The highest BCUT2D eigenvalue weighted by molar-refractivity contribution is 6.36. The van der Waals surface area contributed by atoms with Crippen LogP contribution in [0.5, 0.6) is 0 Å². The summed E-state index contributed by atoms with van der Waals surface area (Å²) in [6, 6.07) is 13.6. The van der Waals surface area contributed by atoms with Crippen molar-refractivity contribution in [2.24, 2.45) is 0 Å². The van der Waals surface area contributed by atoms with Gasteiger partial charge in [0.1, 0.15) is 11.2 Å². The summed E-state index contributed by atoms with van der Waals surface area (Å²) >= 11 is 18.8. The summed E-state index contributed by atoms with van der Waals surface area (Å²) in [4.78, 5) is 54.5. The van der Waals surface area contributed by atoms with Crippen molar-refractivity contribution in [2.75, 3.05) is 5.32 Å². The lowest BCUT2D eigenvalue weighted by Gasteiger charge is -2.20. The first-order chi connectivity index (χ1) is 18.5. The number of nitrogens with zero attached hydrogens (tertiary/aromatic N) is 2. The molecule has 0 atom stereocenters. The fourth-order valence-corrected chi connectivity index (χ4v) is 4.95. The quantitative estimate of drug-likeness (QED) is 0.221. The molecule has 2 aromatic heterocycles. The summed E-state index contributed by atoms with van der Waals surface area (Å²) in [7, 11) is 0. The zero-order valence-corrected chi connectivity index (χ0v) is 23.1. The first-order valence-electron chi connectivity index (χ1n) is 11.8. The van der Waals surface area contributed by atoms with Crippen LogP contribution in [0.4, 0.5) is 5.69 Å². The van der Waals surface area contributed by atoms with E-state index >= 15 is 0 Å². The van der Waals surface area contributed by atoms with Crippen LogP contribution in [-0.4, -0.2) is 32.3 Å². The summed E-state index contributed by atoms with van der Waals surface area (Å²) in [6.45, 7) is 2.47. The smallest absolute Gasteiger partial charge is 0.303 e. The number of halogens is 3. The van der Waals surface area contributed by atoms with Crippen LogP contribution in [0.15, 0.2) is 53.3 Å². The van der Waals surface area contributed by atoms with Crippen molar-refractivity contribution in [2.45, 2.75) is 33.2 Å². The maximum Gasteiger partial charge on any atom is 0.303 e. The number of aromatic nitrogens is 2. The van der Waals surface area contributed by atoms with Gasteiger partial charge in [-0.25, -0.2) is 4.98 Å². The zero-order chi connectivity index (χ0) is 28.4. The minimum absolute atomic E-state index is 0.0245. The van der Waals surface area contributed by atoms with Crippen molar-refractivity contribution in [3.63, 3.8) is 0 Å². The number of carbonyl (C=O) groups excluding carboxylic acids is 2. The number of rotatable bonds is 8. The Bertz CT molecular complexity index is 1700. The number of anilines is 1. The van der Waals surface area contributed by atoms with Crippen LogP contribution in [0, 0.1) is 0 Å². The molecule has 2 heterocycles. The second-order valence-corrected chi connectivity index (χ2v) is 10.1. The number of aryl methyl sites for hydroxylation is 1. The fraction of sp³-hybridized carbons (Fsp3) is 0.179. The molecule has 0 aliphatic heterocycles. The molecule has 4 aromatic rings. The molecule has 39 heavy (non-hydrogen) atoms. The molecule has 2 aromatic carbocycles. The molecule has 0 radical (unpaired) electrons. The van der Waals surface area contributed by atoms with E-state index in [0.717, 1.165) is 0 Å². The van der Waals surface area contributed by atoms with E-state index in [1.165, 1.54) is 18.4 Å². The molecule has 11 heteroatoms. The van der Waals surface area contributed by atoms with E-state index < -0.39 is 23.2 Å². The molecule has 8 nitrogen and oxygen atoms in total. The highest BCUT2D eigenvalue weighted by atomic mass is 35.5. The standard InChI is InChI=1S/C28H22Cl3N3O5/c1-14(35)24-26(32-15(2)36)21-13-20(16-5-7-17(29)8-6-16)25(19-10-9-18(30)12-22(19)31)33-27(21)34(28(24)39)11-3-4-23(37)38/h5-10,12-13H,3-4,11H2,1-2H3,(H,32,36)(H,37,38). The normalized spacial score (nSPS) is 11.0. The number of benzene rings is 2. The molecule has 0 saturated carbocycles. The van der Waals surface area contributed by atoms with Crippen molar-refractivity contribution in [1.82, 2.24) is 9.55 Å². The second-order valence-electron chi connectivity index (χ2n) is 8.83. The number of carbonyl (C=O) groups is 3. The van der Waals surface area contributed by atoms with Gasteiger partial charge in [-0.1, -0.05) is 46.9 Å². The van der Waals surface area contributed by atoms with Crippen LogP contribution in [0.1, 0.15) is 37.0 Å². The molecule has 0 aliphatic rings. The van der Waals surface area contributed by atoms with Gasteiger partial charge in [0.05, 0.1) is 16.4 Å². The molecule has 0 unspecified atom stereocenters. The maximum absolute atomic E-state index is 13.6. The van der Waals surface area contributed by atoms with E-state index in [2.05, 4.69) is 5.32 Å². The molecule has 0 fully saturated rings. The van der Waals surface area contributed by atoms with E-state index in [1.54, 1.807) is 48.5 Å². The first-order valence-corrected chi connectivity index (χ1v) is 12.9. The Hall–Kier alpha value is -3.72. The highest BCUT2D eigenvalue weighted by Gasteiger charge is 2.25. The van der Waals surface area contributed by atoms with Crippen molar-refractivity contribution in [1.29, 1.82) is 0 Å². The van der Waals surface area contributed by atoms with Gasteiger partial charge in [-0.15, -0.1) is 0 Å². The average Bonchev–Trinajstić information content (AvgIpc) is 2.85. The summed E-state index contributed by atoms with van der Waals surface area (Å²) in [5, 5.41) is 13.4. The predicted molar refractivity (Wildman–Crippen MR) is 153 cm³/mol. The minimum atomic E-state index is -1.03. The van der Waals surface area contributed by atoms with E-state index in [0.29, 0.717) is 42.8 Å². The number of hydrogen-bond acceptors (Lipinski definition) is 5. The molecular weight excluding hydrogens is 565 g/mol. The van der Waals surface area contributed by atoms with Gasteiger partial charge in [0.15, 0.2) is 5.78 Å². The summed E-state index contributed by atoms with van der Waals surface area (Å²) in [5.74, 6) is -2.07. The average molecular weight is 587 g/mol. The summed E-state index contributed by atoms with van der Waals surface area (Å²) in [6.07, 6.45) is -0.0890. The lowest BCUT2D eigenvalue weighted by Crippen LogP contribution is -2.29. The molecular formula is C28H22Cl3N3O5. The molecule has 0 aliphatic carbocycles. The van der Waals surface area contributed by atoms with Gasteiger partial charge >= 0.3 is 5.97 Å². The first kappa shape index (κ1) is 28.3. The summed E-state index contributed by atoms with van der Waals surface area (Å²) in [5.41, 5.74) is 1.48. The van der Waals surface area contributed by atoms with Crippen LogP contribution in [0.3, 0.4) is 0 Å². The van der Waals surface area contributed by atoms with E-state index in [9.17, 15) is 19.2 Å². The number of carboxylic acid groups (broad SMARTS) is 1. The Labute approximate surface area is 238 Å². The molecule has 0 spiro atoms. The Morgan fingerprint density at radius 1 is 0.949 bits per heavy atom. The number of fused-ring (bicyclic) bond motifs is 1. The Balaban J connectivity index is 2.17. The number of carboxylic acids is 1. The summed E-state index contributed by atoms with van der Waals surface area (Å²) < 4.78 is 1.26. The lowest BCUT2D eigenvalue weighted by molar-refractivity contribution is -0.137. The monoisotopic (exact) mass is 585 g/mol. The van der Waals surface area contributed by atoms with Crippen molar-refractivity contribution < 1.29 is 19.5 Å². The number of ketones is 1. The van der Waals surface area contributed by atoms with Gasteiger partial charge in [0, 0.05) is 46.4 Å². The van der Waals surface area contributed by atoms with Crippen molar-refractivity contribution in [3.05, 3.63) is 79.5 Å². The van der Waals surface area contributed by atoms with Gasteiger partial charge in [0.2, 0.25) is 5.91 Å². The topological polar surface area (TPSA) is 118 Å². The largest absolute Gasteiger partial charge is 0.481 e. The Morgan fingerprint density at radius 3 is 2.21 bits per heavy atom. The van der Waals surface area contributed by atoms with Crippen molar-refractivity contribution >= 4 is 69.2 Å². The number of Topliss-reactive ketones (excluding diaryl/α,β-unsaturated/α-hetero) is 1. The van der Waals surface area contributed by atoms with Crippen molar-refractivity contribution in [3.8, 4) is 22.4 Å². The Kier molecular flexibility index (Phi) is 8.39. The number of pyridine rings is 2. The number of aliphatic carboxylic acids is 1. The zero-order valence-electron chi connectivity index (χ0n) is 20.8. The molecule has 2 N–H and O–H groups in total.